The number of carbonyl (C=O) groups excluding carboxylic acids is 1. The SMILES string of the molecule is C=C(NNC(=O)c1cccc(C)c1C)OC(C)(C)C. The van der Waals surface area contributed by atoms with Crippen LogP contribution in [0.15, 0.2) is 30.7 Å². The van der Waals surface area contributed by atoms with Crippen LogP contribution in [0.1, 0.15) is 42.3 Å². The van der Waals surface area contributed by atoms with E-state index in [2.05, 4.69) is 17.4 Å². The number of nitrogens with one attached hydrogen (secondary N) is 2. The average Bonchev–Trinajstić information content (AvgIpc) is 2.27. The fraction of sp³-hybridized carbons (Fsp3) is 0.400. The minimum absolute atomic E-state index is 0.208. The first kappa shape index (κ1) is 15.1. The van der Waals surface area contributed by atoms with Gasteiger partial charge >= 0.3 is 0 Å². The minimum Gasteiger partial charge on any atom is -0.473 e. The summed E-state index contributed by atoms with van der Waals surface area (Å²) in [5.41, 5.74) is 7.57. The molecule has 4 heteroatoms. The average molecular weight is 262 g/mol. The van der Waals surface area contributed by atoms with Gasteiger partial charge in [-0.3, -0.25) is 15.6 Å². The maximum Gasteiger partial charge on any atom is 0.269 e. The van der Waals surface area contributed by atoms with Crippen LogP contribution in [0.4, 0.5) is 0 Å². The minimum atomic E-state index is -0.353. The summed E-state index contributed by atoms with van der Waals surface area (Å²) in [6, 6.07) is 5.62. The molecule has 1 aromatic carbocycles. The Morgan fingerprint density at radius 2 is 1.84 bits per heavy atom. The van der Waals surface area contributed by atoms with Crippen molar-refractivity contribution in [2.24, 2.45) is 0 Å². The molecule has 0 aliphatic rings. The molecule has 2 N–H and O–H groups in total. The molecule has 0 saturated carbocycles. The Kier molecular flexibility index (Phi) is 4.59. The molecule has 1 amide bonds. The molecule has 0 aromatic heterocycles. The lowest BCUT2D eigenvalue weighted by Crippen LogP contribution is -2.39. The van der Waals surface area contributed by atoms with Crippen molar-refractivity contribution in [1.29, 1.82) is 0 Å². The number of aryl methyl sites for hydroxylation is 1. The van der Waals surface area contributed by atoms with Gasteiger partial charge in [-0.05, 0) is 58.4 Å². The number of ether oxygens (including phenoxy) is 1. The lowest BCUT2D eigenvalue weighted by Gasteiger charge is -2.23. The van der Waals surface area contributed by atoms with Gasteiger partial charge in [-0.15, -0.1) is 0 Å². The zero-order valence-electron chi connectivity index (χ0n) is 12.3. The maximum atomic E-state index is 12.0. The second kappa shape index (κ2) is 5.78. The largest absolute Gasteiger partial charge is 0.473 e. The number of hydrogen-bond acceptors (Lipinski definition) is 3. The van der Waals surface area contributed by atoms with Gasteiger partial charge in [0.2, 0.25) is 0 Å². The first-order valence-corrected chi connectivity index (χ1v) is 6.21. The van der Waals surface area contributed by atoms with E-state index < -0.39 is 0 Å². The van der Waals surface area contributed by atoms with Crippen molar-refractivity contribution >= 4 is 5.91 Å². The predicted molar refractivity (Wildman–Crippen MR) is 76.5 cm³/mol. The summed E-state index contributed by atoms with van der Waals surface area (Å²) in [5, 5.41) is 0. The van der Waals surface area contributed by atoms with Crippen molar-refractivity contribution in [3.8, 4) is 0 Å². The number of hydrogen-bond donors (Lipinski definition) is 2. The van der Waals surface area contributed by atoms with E-state index in [-0.39, 0.29) is 11.5 Å². The maximum absolute atomic E-state index is 12.0. The Morgan fingerprint density at radius 1 is 1.21 bits per heavy atom. The Balaban J connectivity index is 2.61. The van der Waals surface area contributed by atoms with Crippen molar-refractivity contribution in [3.05, 3.63) is 47.4 Å². The van der Waals surface area contributed by atoms with Crippen molar-refractivity contribution in [2.45, 2.75) is 40.2 Å². The molecule has 0 aliphatic carbocycles. The Labute approximate surface area is 114 Å². The summed E-state index contributed by atoms with van der Waals surface area (Å²) in [6.45, 7) is 13.3. The van der Waals surface area contributed by atoms with E-state index in [0.29, 0.717) is 11.4 Å². The third kappa shape index (κ3) is 4.66. The Morgan fingerprint density at radius 3 is 2.42 bits per heavy atom. The molecule has 0 fully saturated rings. The molecule has 0 aliphatic heterocycles. The molecule has 4 nitrogen and oxygen atoms in total. The van der Waals surface area contributed by atoms with Gasteiger partial charge in [0.05, 0.1) is 0 Å². The molecule has 0 heterocycles. The molecule has 19 heavy (non-hydrogen) atoms. The number of hydrazine groups is 1. The second-order valence-electron chi connectivity index (χ2n) is 5.46. The molecule has 104 valence electrons. The van der Waals surface area contributed by atoms with Crippen LogP contribution in [-0.4, -0.2) is 11.5 Å². The highest BCUT2D eigenvalue weighted by atomic mass is 16.5. The highest BCUT2D eigenvalue weighted by Gasteiger charge is 2.14. The van der Waals surface area contributed by atoms with Gasteiger partial charge < -0.3 is 4.74 Å². The van der Waals surface area contributed by atoms with Crippen LogP contribution in [0, 0.1) is 13.8 Å². The van der Waals surface area contributed by atoms with Gasteiger partial charge in [-0.25, -0.2) is 0 Å². The highest BCUT2D eigenvalue weighted by Crippen LogP contribution is 2.13. The normalized spacial score (nSPS) is 10.8. The topological polar surface area (TPSA) is 50.4 Å². The zero-order valence-corrected chi connectivity index (χ0v) is 12.3. The third-order valence-electron chi connectivity index (χ3n) is 2.59. The molecule has 0 bridgehead atoms. The van der Waals surface area contributed by atoms with Crippen LogP contribution >= 0.6 is 0 Å². The number of amides is 1. The molecule has 1 aromatic rings. The summed E-state index contributed by atoms with van der Waals surface area (Å²) in [6.07, 6.45) is 0. The van der Waals surface area contributed by atoms with Gasteiger partial charge in [0.1, 0.15) is 5.60 Å². The van der Waals surface area contributed by atoms with Gasteiger partial charge in [0.15, 0.2) is 5.88 Å². The van der Waals surface area contributed by atoms with Gasteiger partial charge in [0, 0.05) is 5.56 Å². The molecule has 0 saturated heterocycles. The fourth-order valence-electron chi connectivity index (χ4n) is 1.59. The van der Waals surface area contributed by atoms with E-state index in [0.717, 1.165) is 11.1 Å². The standard InChI is InChI=1S/C15H22N2O2/c1-10-8-7-9-13(11(10)2)14(18)17-16-12(3)19-15(4,5)6/h7-9,16H,3H2,1-2,4-6H3,(H,17,18). The molecular formula is C15H22N2O2. The Hall–Kier alpha value is -1.97. The second-order valence-corrected chi connectivity index (χ2v) is 5.46. The summed E-state index contributed by atoms with van der Waals surface area (Å²) in [4.78, 5) is 12.0. The predicted octanol–water partition coefficient (Wildman–Crippen LogP) is 2.82. The van der Waals surface area contributed by atoms with Crippen molar-refractivity contribution in [2.75, 3.05) is 0 Å². The van der Waals surface area contributed by atoms with E-state index >= 15 is 0 Å². The quantitative estimate of drug-likeness (QED) is 0.648. The fourth-order valence-corrected chi connectivity index (χ4v) is 1.59. The number of carbonyl (C=O) groups is 1. The zero-order chi connectivity index (χ0) is 14.6. The van der Waals surface area contributed by atoms with Crippen LogP contribution in [0.5, 0.6) is 0 Å². The highest BCUT2D eigenvalue weighted by molar-refractivity contribution is 5.95. The van der Waals surface area contributed by atoms with Crippen molar-refractivity contribution in [3.63, 3.8) is 0 Å². The Bertz CT molecular complexity index is 487. The first-order chi connectivity index (χ1) is 8.70. The monoisotopic (exact) mass is 262 g/mol. The number of rotatable bonds is 4. The summed E-state index contributed by atoms with van der Waals surface area (Å²) >= 11 is 0. The lowest BCUT2D eigenvalue weighted by molar-refractivity contribution is 0.0366. The van der Waals surface area contributed by atoms with Gasteiger partial charge in [0.25, 0.3) is 5.91 Å². The van der Waals surface area contributed by atoms with Crippen LogP contribution in [-0.2, 0) is 4.74 Å². The van der Waals surface area contributed by atoms with Gasteiger partial charge in [-0.1, -0.05) is 12.1 Å². The van der Waals surface area contributed by atoms with Crippen LogP contribution in [0.25, 0.3) is 0 Å². The van der Waals surface area contributed by atoms with Crippen LogP contribution < -0.4 is 10.9 Å². The first-order valence-electron chi connectivity index (χ1n) is 6.21. The van der Waals surface area contributed by atoms with E-state index in [1.54, 1.807) is 6.07 Å². The van der Waals surface area contributed by atoms with Crippen LogP contribution in [0.2, 0.25) is 0 Å². The third-order valence-corrected chi connectivity index (χ3v) is 2.59. The van der Waals surface area contributed by atoms with E-state index in [9.17, 15) is 4.79 Å². The van der Waals surface area contributed by atoms with E-state index in [1.807, 2.05) is 46.8 Å². The van der Waals surface area contributed by atoms with Gasteiger partial charge in [-0.2, -0.15) is 0 Å². The van der Waals surface area contributed by atoms with Crippen molar-refractivity contribution < 1.29 is 9.53 Å². The molecule has 0 radical (unpaired) electrons. The molecule has 0 atom stereocenters. The lowest BCUT2D eigenvalue weighted by atomic mass is 10.0. The van der Waals surface area contributed by atoms with Crippen LogP contribution in [0.3, 0.4) is 0 Å². The van der Waals surface area contributed by atoms with Crippen molar-refractivity contribution in [1.82, 2.24) is 10.9 Å². The molecular weight excluding hydrogens is 240 g/mol. The molecule has 1 rings (SSSR count). The van der Waals surface area contributed by atoms with E-state index in [4.69, 9.17) is 4.74 Å². The number of benzene rings is 1. The van der Waals surface area contributed by atoms with E-state index in [1.165, 1.54) is 0 Å². The smallest absolute Gasteiger partial charge is 0.269 e. The molecule has 0 unspecified atom stereocenters. The molecule has 0 spiro atoms. The summed E-state index contributed by atoms with van der Waals surface area (Å²) in [5.74, 6) is 0.103. The summed E-state index contributed by atoms with van der Waals surface area (Å²) in [7, 11) is 0. The summed E-state index contributed by atoms with van der Waals surface area (Å²) < 4.78 is 5.46.